The summed E-state index contributed by atoms with van der Waals surface area (Å²) in [6, 6.07) is 10.4. The van der Waals surface area contributed by atoms with E-state index in [9.17, 15) is 33.3 Å². The number of hydrogen-bond donors (Lipinski definition) is 1. The molecule has 3 aromatic rings. The van der Waals surface area contributed by atoms with Crippen molar-refractivity contribution < 1.29 is 27.3 Å². The summed E-state index contributed by atoms with van der Waals surface area (Å²) < 4.78 is 44.4. The Morgan fingerprint density at radius 1 is 1.12 bits per heavy atom. The molecule has 3 rings (SSSR count). The van der Waals surface area contributed by atoms with E-state index in [-0.39, 0.29) is 38.5 Å². The molecule has 0 radical (unpaired) electrons. The van der Waals surface area contributed by atoms with Crippen LogP contribution in [-0.2, 0) is 11.0 Å². The molecule has 1 aromatic heterocycles. The first kappa shape index (κ1) is 23.8. The predicted molar refractivity (Wildman–Crippen MR) is 114 cm³/mol. The Morgan fingerprint density at radius 2 is 1.85 bits per heavy atom. The SMILES string of the molecule is N#CC(=Cc1ccc(-c2cc(C(F)(F)F)ccc2Cl)o1)C(=O)Nc1ccc([N+](=O)[O-])cc1Cl. The summed E-state index contributed by atoms with van der Waals surface area (Å²) in [5.41, 5.74) is -1.62. The summed E-state index contributed by atoms with van der Waals surface area (Å²) in [6.07, 6.45) is -3.51. The van der Waals surface area contributed by atoms with Gasteiger partial charge < -0.3 is 9.73 Å². The Labute approximate surface area is 193 Å². The number of anilines is 1. The third kappa shape index (κ3) is 5.52. The minimum absolute atomic E-state index is 0.0000233. The van der Waals surface area contributed by atoms with Gasteiger partial charge in [-0.05, 0) is 36.4 Å². The van der Waals surface area contributed by atoms with Crippen molar-refractivity contribution >= 4 is 46.6 Å². The fraction of sp³-hybridized carbons (Fsp3) is 0.0476. The largest absolute Gasteiger partial charge is 0.457 e. The Hall–Kier alpha value is -3.81. The first-order valence-electron chi connectivity index (χ1n) is 8.83. The molecule has 0 bridgehead atoms. The number of hydrogen-bond acceptors (Lipinski definition) is 5. The van der Waals surface area contributed by atoms with Crippen LogP contribution in [0.4, 0.5) is 24.5 Å². The number of carbonyl (C=O) groups is 1. The van der Waals surface area contributed by atoms with E-state index in [1.54, 1.807) is 6.07 Å². The van der Waals surface area contributed by atoms with Crippen LogP contribution in [0.2, 0.25) is 10.0 Å². The minimum Gasteiger partial charge on any atom is -0.457 e. The number of nitro groups is 1. The zero-order valence-corrected chi connectivity index (χ0v) is 17.6. The normalized spacial score (nSPS) is 11.7. The molecule has 1 heterocycles. The van der Waals surface area contributed by atoms with Crippen molar-refractivity contribution in [2.45, 2.75) is 6.18 Å². The lowest BCUT2D eigenvalue weighted by atomic mass is 10.1. The zero-order valence-electron chi connectivity index (χ0n) is 16.1. The number of nitro benzene ring substituents is 1. The molecular formula is C21H10Cl2F3N3O4. The van der Waals surface area contributed by atoms with Crippen LogP contribution in [0.15, 0.2) is 58.5 Å². The quantitative estimate of drug-likeness (QED) is 0.182. The molecule has 2 aromatic carbocycles. The average molecular weight is 496 g/mol. The molecule has 0 aliphatic carbocycles. The van der Waals surface area contributed by atoms with Crippen LogP contribution in [-0.4, -0.2) is 10.8 Å². The molecule has 0 saturated carbocycles. The molecule has 33 heavy (non-hydrogen) atoms. The van der Waals surface area contributed by atoms with Crippen molar-refractivity contribution in [3.8, 4) is 17.4 Å². The van der Waals surface area contributed by atoms with E-state index in [0.29, 0.717) is 0 Å². The van der Waals surface area contributed by atoms with Gasteiger partial charge >= 0.3 is 6.18 Å². The molecule has 0 spiro atoms. The van der Waals surface area contributed by atoms with Crippen molar-refractivity contribution in [2.75, 3.05) is 5.32 Å². The lowest BCUT2D eigenvalue weighted by Crippen LogP contribution is -2.13. The van der Waals surface area contributed by atoms with Crippen molar-refractivity contribution in [3.05, 3.63) is 85.6 Å². The number of nitriles is 1. The maximum atomic E-state index is 13.0. The number of non-ortho nitro benzene ring substituents is 1. The van der Waals surface area contributed by atoms with Crippen molar-refractivity contribution in [2.24, 2.45) is 0 Å². The molecule has 1 N–H and O–H groups in total. The third-order valence-corrected chi connectivity index (χ3v) is 4.89. The first-order chi connectivity index (χ1) is 15.5. The molecule has 168 valence electrons. The van der Waals surface area contributed by atoms with E-state index in [0.717, 1.165) is 36.4 Å². The fourth-order valence-corrected chi connectivity index (χ4v) is 3.10. The van der Waals surface area contributed by atoms with E-state index in [1.165, 1.54) is 18.2 Å². The zero-order chi connectivity index (χ0) is 24.3. The molecule has 0 atom stereocenters. The summed E-state index contributed by atoms with van der Waals surface area (Å²) in [5, 5.41) is 22.3. The van der Waals surface area contributed by atoms with Crippen LogP contribution in [0, 0.1) is 21.4 Å². The molecule has 1 amide bonds. The summed E-state index contributed by atoms with van der Waals surface area (Å²) in [4.78, 5) is 22.5. The molecule has 0 saturated heterocycles. The van der Waals surface area contributed by atoms with Crippen LogP contribution in [0.3, 0.4) is 0 Å². The minimum atomic E-state index is -4.58. The highest BCUT2D eigenvalue weighted by molar-refractivity contribution is 6.34. The van der Waals surface area contributed by atoms with E-state index in [4.69, 9.17) is 27.6 Å². The monoisotopic (exact) mass is 495 g/mol. The maximum absolute atomic E-state index is 13.0. The second kappa shape index (κ2) is 9.36. The van der Waals surface area contributed by atoms with Gasteiger partial charge in [0.1, 0.15) is 23.2 Å². The van der Waals surface area contributed by atoms with Crippen LogP contribution in [0.25, 0.3) is 17.4 Å². The standard InChI is InChI=1S/C21H10Cl2F3N3O4/c22-16-4-1-12(21(24,25)26)8-15(16)19-6-3-14(33-19)7-11(10-27)20(30)28-18-5-2-13(29(31)32)9-17(18)23/h1-9H,(H,28,30). The number of nitrogens with one attached hydrogen (secondary N) is 1. The van der Waals surface area contributed by atoms with Gasteiger partial charge in [-0.3, -0.25) is 14.9 Å². The Kier molecular flexibility index (Phi) is 6.76. The van der Waals surface area contributed by atoms with Gasteiger partial charge in [0.05, 0.1) is 26.2 Å². The highest BCUT2D eigenvalue weighted by atomic mass is 35.5. The first-order valence-corrected chi connectivity index (χ1v) is 9.59. The van der Waals surface area contributed by atoms with Gasteiger partial charge in [0, 0.05) is 23.8 Å². The number of alkyl halides is 3. The average Bonchev–Trinajstić information content (AvgIpc) is 3.21. The molecule has 0 fully saturated rings. The molecule has 0 aliphatic heterocycles. The van der Waals surface area contributed by atoms with E-state index in [2.05, 4.69) is 5.32 Å². The summed E-state index contributed by atoms with van der Waals surface area (Å²) in [5.74, 6) is -0.892. The van der Waals surface area contributed by atoms with Crippen molar-refractivity contribution in [1.29, 1.82) is 5.26 Å². The Morgan fingerprint density at radius 3 is 2.45 bits per heavy atom. The van der Waals surface area contributed by atoms with Crippen LogP contribution in [0.5, 0.6) is 0 Å². The molecule has 7 nitrogen and oxygen atoms in total. The van der Waals surface area contributed by atoms with Crippen LogP contribution in [0.1, 0.15) is 11.3 Å². The Bertz CT molecular complexity index is 1330. The second-order valence-electron chi connectivity index (χ2n) is 6.44. The number of carbonyl (C=O) groups excluding carboxylic acids is 1. The number of halogens is 5. The number of amides is 1. The number of nitrogens with zero attached hydrogens (tertiary/aromatic N) is 2. The number of benzene rings is 2. The van der Waals surface area contributed by atoms with Gasteiger partial charge in [-0.1, -0.05) is 23.2 Å². The van der Waals surface area contributed by atoms with E-state index < -0.39 is 28.1 Å². The lowest BCUT2D eigenvalue weighted by Gasteiger charge is -2.09. The van der Waals surface area contributed by atoms with Crippen molar-refractivity contribution in [1.82, 2.24) is 0 Å². The second-order valence-corrected chi connectivity index (χ2v) is 7.25. The highest BCUT2D eigenvalue weighted by Crippen LogP contribution is 2.36. The molecule has 0 unspecified atom stereocenters. The van der Waals surface area contributed by atoms with E-state index in [1.807, 2.05) is 0 Å². The summed E-state index contributed by atoms with van der Waals surface area (Å²) in [6.45, 7) is 0. The highest BCUT2D eigenvalue weighted by Gasteiger charge is 2.31. The predicted octanol–water partition coefficient (Wildman–Crippen LogP) is 6.73. The number of rotatable bonds is 5. The number of furan rings is 1. The fourth-order valence-electron chi connectivity index (χ4n) is 2.67. The Balaban J connectivity index is 1.86. The van der Waals surface area contributed by atoms with Gasteiger partial charge in [-0.2, -0.15) is 18.4 Å². The molecule has 0 aliphatic rings. The van der Waals surface area contributed by atoms with Gasteiger partial charge in [0.2, 0.25) is 0 Å². The summed E-state index contributed by atoms with van der Waals surface area (Å²) in [7, 11) is 0. The van der Waals surface area contributed by atoms with Gasteiger partial charge in [-0.25, -0.2) is 0 Å². The van der Waals surface area contributed by atoms with Crippen molar-refractivity contribution in [3.63, 3.8) is 0 Å². The lowest BCUT2D eigenvalue weighted by molar-refractivity contribution is -0.384. The smallest absolute Gasteiger partial charge is 0.416 e. The maximum Gasteiger partial charge on any atom is 0.416 e. The van der Waals surface area contributed by atoms with Gasteiger partial charge in [0.15, 0.2) is 0 Å². The van der Waals surface area contributed by atoms with Gasteiger partial charge in [0.25, 0.3) is 11.6 Å². The summed E-state index contributed by atoms with van der Waals surface area (Å²) >= 11 is 11.9. The molecule has 12 heteroatoms. The van der Waals surface area contributed by atoms with E-state index >= 15 is 0 Å². The molecular weight excluding hydrogens is 486 g/mol. The van der Waals surface area contributed by atoms with Crippen LogP contribution >= 0.6 is 23.2 Å². The van der Waals surface area contributed by atoms with Crippen LogP contribution < -0.4 is 5.32 Å². The third-order valence-electron chi connectivity index (χ3n) is 4.25. The van der Waals surface area contributed by atoms with Gasteiger partial charge in [-0.15, -0.1) is 0 Å². The topological polar surface area (TPSA) is 109 Å².